The summed E-state index contributed by atoms with van der Waals surface area (Å²) in [6.07, 6.45) is 1.19. The Balaban J connectivity index is 1.28. The van der Waals surface area contributed by atoms with Crippen molar-refractivity contribution in [1.29, 1.82) is 0 Å². The summed E-state index contributed by atoms with van der Waals surface area (Å²) in [6, 6.07) is 15.9. The fraction of sp³-hybridized carbons (Fsp3) is 0.429. The van der Waals surface area contributed by atoms with Crippen LogP contribution in [0.15, 0.2) is 53.3 Å². The topological polar surface area (TPSA) is 59.7 Å². The first kappa shape index (κ1) is 17.9. The first-order chi connectivity index (χ1) is 13.2. The van der Waals surface area contributed by atoms with Crippen LogP contribution in [0, 0.1) is 0 Å². The molecule has 1 aromatic heterocycles. The summed E-state index contributed by atoms with van der Waals surface area (Å²) in [4.78, 5) is 33.5. The summed E-state index contributed by atoms with van der Waals surface area (Å²) in [5.74, 6) is -0.0792. The Morgan fingerprint density at radius 3 is 2.48 bits per heavy atom. The van der Waals surface area contributed by atoms with E-state index >= 15 is 0 Å². The summed E-state index contributed by atoms with van der Waals surface area (Å²) in [5, 5.41) is 0. The van der Waals surface area contributed by atoms with Gasteiger partial charge < -0.3 is 9.88 Å². The lowest BCUT2D eigenvalue weighted by Gasteiger charge is -2.38. The minimum absolute atomic E-state index is 0.0792. The molecule has 4 rings (SSSR count). The molecule has 2 aliphatic heterocycles. The van der Waals surface area contributed by atoms with Gasteiger partial charge in [0.15, 0.2) is 0 Å². The van der Waals surface area contributed by atoms with Crippen molar-refractivity contribution in [2.45, 2.75) is 19.0 Å². The molecule has 3 heterocycles. The molecule has 1 N–H and O–H groups in total. The second kappa shape index (κ2) is 8.06. The number of aromatic nitrogens is 1. The number of rotatable bonds is 4. The molecule has 0 bridgehead atoms. The van der Waals surface area contributed by atoms with Crippen LogP contribution >= 0.6 is 0 Å². The fourth-order valence-electron chi connectivity index (χ4n) is 4.13. The molecule has 1 amide bonds. The average Bonchev–Trinajstić information content (AvgIpc) is 3.17. The van der Waals surface area contributed by atoms with Gasteiger partial charge in [-0.2, -0.15) is 0 Å². The molecule has 2 fully saturated rings. The molecule has 0 spiro atoms. The lowest BCUT2D eigenvalue weighted by atomic mass is 10.2. The number of benzene rings is 1. The standard InChI is InChI=1S/C21H26N4O2/c26-20-8-4-7-19(22-20)21(27)25-13-11-24(12-14-25)18-9-10-23(16-18)15-17-5-2-1-3-6-17/h1-8,18H,9-16H2,(H,22,26). The summed E-state index contributed by atoms with van der Waals surface area (Å²) >= 11 is 0. The molecule has 2 saturated heterocycles. The number of aromatic amines is 1. The van der Waals surface area contributed by atoms with E-state index in [0.29, 0.717) is 24.8 Å². The first-order valence-corrected chi connectivity index (χ1v) is 9.68. The molecule has 1 atom stereocenters. The predicted octanol–water partition coefficient (Wildman–Crippen LogP) is 1.41. The number of H-pyrrole nitrogens is 1. The number of carbonyl (C=O) groups excluding carboxylic acids is 1. The summed E-state index contributed by atoms with van der Waals surface area (Å²) in [5.41, 5.74) is 1.51. The number of nitrogens with one attached hydrogen (secondary N) is 1. The van der Waals surface area contributed by atoms with E-state index in [1.807, 2.05) is 4.90 Å². The molecule has 2 aromatic rings. The van der Waals surface area contributed by atoms with Gasteiger partial charge in [0.05, 0.1) is 0 Å². The molecule has 6 nitrogen and oxygen atoms in total. The van der Waals surface area contributed by atoms with Crippen molar-refractivity contribution in [3.8, 4) is 0 Å². The number of nitrogens with zero attached hydrogens (tertiary/aromatic N) is 3. The van der Waals surface area contributed by atoms with Crippen LogP contribution in [0.25, 0.3) is 0 Å². The Morgan fingerprint density at radius 2 is 1.74 bits per heavy atom. The van der Waals surface area contributed by atoms with Crippen molar-refractivity contribution in [3.63, 3.8) is 0 Å². The van der Waals surface area contributed by atoms with Crippen LogP contribution in [0.2, 0.25) is 0 Å². The first-order valence-electron chi connectivity index (χ1n) is 9.68. The number of likely N-dealkylation sites (tertiary alicyclic amines) is 1. The molecule has 1 unspecified atom stereocenters. The maximum absolute atomic E-state index is 12.6. The second-order valence-electron chi connectivity index (χ2n) is 7.42. The quantitative estimate of drug-likeness (QED) is 0.889. The molecular formula is C21H26N4O2. The van der Waals surface area contributed by atoms with Crippen molar-refractivity contribution in [2.24, 2.45) is 0 Å². The molecule has 1 aromatic carbocycles. The smallest absolute Gasteiger partial charge is 0.270 e. The van der Waals surface area contributed by atoms with E-state index in [1.165, 1.54) is 18.1 Å². The Kier molecular flexibility index (Phi) is 5.36. The van der Waals surface area contributed by atoms with Crippen LogP contribution in [0.5, 0.6) is 0 Å². The SMILES string of the molecule is O=C(c1cccc(=O)[nH]1)N1CCN(C2CCN(Cc3ccccc3)C2)CC1. The highest BCUT2D eigenvalue weighted by Crippen LogP contribution is 2.20. The second-order valence-corrected chi connectivity index (χ2v) is 7.42. The molecule has 0 aliphatic carbocycles. The Hall–Kier alpha value is -2.44. The highest BCUT2D eigenvalue weighted by atomic mass is 16.2. The van der Waals surface area contributed by atoms with Crippen molar-refractivity contribution in [3.05, 3.63) is 70.1 Å². The van der Waals surface area contributed by atoms with E-state index < -0.39 is 0 Å². The van der Waals surface area contributed by atoms with Crippen LogP contribution in [-0.2, 0) is 6.54 Å². The van der Waals surface area contributed by atoms with Crippen LogP contribution in [0.1, 0.15) is 22.5 Å². The van der Waals surface area contributed by atoms with Gasteiger partial charge in [-0.3, -0.25) is 19.4 Å². The van der Waals surface area contributed by atoms with Gasteiger partial charge in [-0.15, -0.1) is 0 Å². The summed E-state index contributed by atoms with van der Waals surface area (Å²) in [7, 11) is 0. The van der Waals surface area contributed by atoms with Crippen LogP contribution in [-0.4, -0.2) is 70.9 Å². The van der Waals surface area contributed by atoms with E-state index in [0.717, 1.165) is 32.7 Å². The summed E-state index contributed by atoms with van der Waals surface area (Å²) < 4.78 is 0. The van der Waals surface area contributed by atoms with Gasteiger partial charge in [0.1, 0.15) is 5.69 Å². The normalized spacial score (nSPS) is 21.5. The van der Waals surface area contributed by atoms with E-state index in [-0.39, 0.29) is 11.5 Å². The van der Waals surface area contributed by atoms with Gasteiger partial charge >= 0.3 is 0 Å². The zero-order chi connectivity index (χ0) is 18.6. The number of amides is 1. The maximum Gasteiger partial charge on any atom is 0.270 e. The molecule has 0 radical (unpaired) electrons. The average molecular weight is 366 g/mol. The predicted molar refractivity (Wildman–Crippen MR) is 105 cm³/mol. The highest BCUT2D eigenvalue weighted by Gasteiger charge is 2.31. The molecule has 6 heteroatoms. The third-order valence-electron chi connectivity index (χ3n) is 5.61. The largest absolute Gasteiger partial charge is 0.335 e. The van der Waals surface area contributed by atoms with Gasteiger partial charge in [0, 0.05) is 57.9 Å². The molecule has 142 valence electrons. The third kappa shape index (κ3) is 4.28. The lowest BCUT2D eigenvalue weighted by molar-refractivity contribution is 0.0568. The summed E-state index contributed by atoms with van der Waals surface area (Å²) in [6.45, 7) is 6.45. The van der Waals surface area contributed by atoms with E-state index in [4.69, 9.17) is 0 Å². The Bertz CT molecular complexity index is 827. The Morgan fingerprint density at radius 1 is 0.963 bits per heavy atom. The van der Waals surface area contributed by atoms with E-state index in [9.17, 15) is 9.59 Å². The maximum atomic E-state index is 12.6. The van der Waals surface area contributed by atoms with Crippen molar-refractivity contribution < 1.29 is 4.79 Å². The van der Waals surface area contributed by atoms with Crippen molar-refractivity contribution in [2.75, 3.05) is 39.3 Å². The third-order valence-corrected chi connectivity index (χ3v) is 5.61. The minimum Gasteiger partial charge on any atom is -0.335 e. The van der Waals surface area contributed by atoms with E-state index in [2.05, 4.69) is 45.1 Å². The monoisotopic (exact) mass is 366 g/mol. The van der Waals surface area contributed by atoms with Gasteiger partial charge in [-0.25, -0.2) is 0 Å². The van der Waals surface area contributed by atoms with E-state index in [1.54, 1.807) is 12.1 Å². The zero-order valence-corrected chi connectivity index (χ0v) is 15.5. The molecule has 27 heavy (non-hydrogen) atoms. The van der Waals surface area contributed by atoms with Gasteiger partial charge in [0.2, 0.25) is 5.56 Å². The van der Waals surface area contributed by atoms with Gasteiger partial charge in [-0.1, -0.05) is 36.4 Å². The van der Waals surface area contributed by atoms with Crippen LogP contribution in [0.4, 0.5) is 0 Å². The number of hydrogen-bond acceptors (Lipinski definition) is 4. The van der Waals surface area contributed by atoms with Crippen LogP contribution in [0.3, 0.4) is 0 Å². The molecular weight excluding hydrogens is 340 g/mol. The zero-order valence-electron chi connectivity index (χ0n) is 15.5. The number of piperazine rings is 1. The number of hydrogen-bond donors (Lipinski definition) is 1. The number of pyridine rings is 1. The highest BCUT2D eigenvalue weighted by molar-refractivity contribution is 5.92. The molecule has 0 saturated carbocycles. The molecule has 2 aliphatic rings. The van der Waals surface area contributed by atoms with Crippen LogP contribution < -0.4 is 5.56 Å². The number of carbonyl (C=O) groups is 1. The van der Waals surface area contributed by atoms with Crippen molar-refractivity contribution in [1.82, 2.24) is 19.7 Å². The fourth-order valence-corrected chi connectivity index (χ4v) is 4.13. The Labute approximate surface area is 159 Å². The lowest BCUT2D eigenvalue weighted by Crippen LogP contribution is -2.52. The minimum atomic E-state index is -0.232. The van der Waals surface area contributed by atoms with Crippen molar-refractivity contribution >= 4 is 5.91 Å². The van der Waals surface area contributed by atoms with Gasteiger partial charge in [0.25, 0.3) is 5.91 Å². The van der Waals surface area contributed by atoms with Gasteiger partial charge in [-0.05, 0) is 18.1 Å².